The molecule has 2 aliphatic rings. The Morgan fingerprint density at radius 1 is 0.667 bits per heavy atom. The van der Waals surface area contributed by atoms with E-state index < -0.39 is 16.7 Å². The molecule has 4 N–H and O–H groups in total. The molecule has 4 atom stereocenters. The number of rotatable bonds is 10. The van der Waals surface area contributed by atoms with E-state index >= 15 is 0 Å². The van der Waals surface area contributed by atoms with Crippen molar-refractivity contribution in [3.05, 3.63) is 152 Å². The summed E-state index contributed by atoms with van der Waals surface area (Å²) in [6.07, 6.45) is 6.35. The Labute approximate surface area is 405 Å². The van der Waals surface area contributed by atoms with Gasteiger partial charge in [-0.3, -0.25) is 0 Å². The fraction of sp³-hybridized carbons (Fsp3) is 0.300. The first kappa shape index (κ1) is 56.9. The summed E-state index contributed by atoms with van der Waals surface area (Å²) >= 11 is 25.0. The molecule has 2 saturated heterocycles. The Morgan fingerprint density at radius 2 is 0.968 bits per heavy atom. The quantitative estimate of drug-likeness (QED) is 0.0906. The third-order valence-corrected chi connectivity index (χ3v) is 9.53. The van der Waals surface area contributed by atoms with Crippen LogP contribution in [0.4, 0.5) is 0 Å². The van der Waals surface area contributed by atoms with E-state index in [1.165, 1.54) is 0 Å². The molecular weight excluding hydrogens is 919 g/mol. The summed E-state index contributed by atoms with van der Waals surface area (Å²) in [5.74, 6) is 0.553. The molecule has 0 bridgehead atoms. The molecule has 2 aliphatic heterocycles. The SMILES string of the molecule is C.C.CC1COC(Cn2cnnc2)(c2ccc(Oc3ccc(Cl)cc3)cc2Cl)O1.CC1COC(Cn2cnnc2)(c2ccc(Oc3ccc(Cl)cc3)cc2Cl)O1.O.O=[N+]([O-])O.[Na+].[OH-]. The summed E-state index contributed by atoms with van der Waals surface area (Å²) in [6.45, 7) is 5.64. The molecule has 4 unspecified atom stereocenters. The molecule has 336 valence electrons. The third kappa shape index (κ3) is 15.5. The van der Waals surface area contributed by atoms with Crippen molar-refractivity contribution in [1.82, 2.24) is 29.5 Å². The minimum Gasteiger partial charge on any atom is -0.870 e. The van der Waals surface area contributed by atoms with Crippen LogP contribution in [0.25, 0.3) is 0 Å². The van der Waals surface area contributed by atoms with Gasteiger partial charge in [0.05, 0.1) is 48.6 Å². The summed E-state index contributed by atoms with van der Waals surface area (Å²) in [6, 6.07) is 25.1. The van der Waals surface area contributed by atoms with E-state index in [2.05, 4.69) is 20.4 Å². The van der Waals surface area contributed by atoms with Crippen molar-refractivity contribution in [2.45, 2.75) is 65.6 Å². The molecule has 23 heteroatoms. The van der Waals surface area contributed by atoms with Gasteiger partial charge in [0, 0.05) is 21.2 Å². The Balaban J connectivity index is 0.000000541. The Bertz CT molecular complexity index is 2110. The smallest absolute Gasteiger partial charge is 0.870 e. The molecule has 0 aliphatic carbocycles. The van der Waals surface area contributed by atoms with E-state index in [1.807, 2.05) is 38.1 Å². The molecule has 0 radical (unpaired) electrons. The van der Waals surface area contributed by atoms with Crippen LogP contribution >= 0.6 is 46.4 Å². The standard InChI is InChI=1S/2C19H17Cl2N3O3.2CH4.HNO3.Na.2H2O/c2*1-13-9-25-19(27-13,10-24-11-22-23-12-24)17-7-6-16(8-18(17)21)26-15-4-2-14(20)3-5-15;;;2-1(3)4;;;/h2*2-8,11-13H,9-10H2,1H3;2*1H4;(H,2,3,4);;2*1H2/q;;;;;+1;;/p-1. The molecule has 4 heterocycles. The minimum atomic E-state index is -1.50. The van der Waals surface area contributed by atoms with Crippen molar-refractivity contribution in [1.29, 1.82) is 0 Å². The van der Waals surface area contributed by atoms with Crippen LogP contribution in [-0.2, 0) is 43.6 Å². The maximum atomic E-state index is 8.36. The second kappa shape index (κ2) is 26.0. The van der Waals surface area contributed by atoms with Gasteiger partial charge in [0.1, 0.15) is 48.3 Å². The van der Waals surface area contributed by atoms with Gasteiger partial charge < -0.3 is 53.7 Å². The predicted octanol–water partition coefficient (Wildman–Crippen LogP) is 6.26. The first-order chi connectivity index (χ1) is 27.8. The van der Waals surface area contributed by atoms with Gasteiger partial charge in [-0.1, -0.05) is 61.3 Å². The zero-order valence-corrected chi connectivity index (χ0v) is 37.7. The summed E-state index contributed by atoms with van der Waals surface area (Å²) in [4.78, 5) is 8.36. The fourth-order valence-corrected chi connectivity index (χ4v) is 6.89. The fourth-order valence-electron chi connectivity index (χ4n) is 6.01. The number of hydrogen-bond donors (Lipinski definition) is 1. The largest absolute Gasteiger partial charge is 1.00 e. The van der Waals surface area contributed by atoms with Crippen LogP contribution in [0.3, 0.4) is 0 Å². The first-order valence-corrected chi connectivity index (χ1v) is 18.9. The second-order valence-electron chi connectivity index (χ2n) is 12.9. The molecule has 18 nitrogen and oxygen atoms in total. The monoisotopic (exact) mass is 963 g/mol. The maximum Gasteiger partial charge on any atom is 1.00 e. The predicted molar refractivity (Wildman–Crippen MR) is 230 cm³/mol. The van der Waals surface area contributed by atoms with Crippen LogP contribution in [0.1, 0.15) is 39.8 Å². The molecule has 0 amide bonds. The average molecular weight is 966 g/mol. The van der Waals surface area contributed by atoms with Crippen LogP contribution in [0.5, 0.6) is 23.0 Å². The van der Waals surface area contributed by atoms with E-state index in [4.69, 9.17) is 90.1 Å². The van der Waals surface area contributed by atoms with Gasteiger partial charge in [0.15, 0.2) is 0 Å². The van der Waals surface area contributed by atoms with E-state index in [-0.39, 0.29) is 67.6 Å². The van der Waals surface area contributed by atoms with Gasteiger partial charge in [-0.05, 0) is 98.8 Å². The second-order valence-corrected chi connectivity index (χ2v) is 14.6. The van der Waals surface area contributed by atoms with Gasteiger partial charge in [0.2, 0.25) is 11.6 Å². The normalized spacial score (nSPS) is 19.3. The van der Waals surface area contributed by atoms with Crippen molar-refractivity contribution in [2.24, 2.45) is 0 Å². The summed E-state index contributed by atoms with van der Waals surface area (Å²) in [5, 5.41) is 31.3. The molecular formula is C40H46Cl4N7NaO11. The zero-order chi connectivity index (χ0) is 41.3. The molecule has 0 saturated carbocycles. The van der Waals surface area contributed by atoms with E-state index in [0.29, 0.717) is 69.4 Å². The molecule has 8 rings (SSSR count). The Hall–Kier alpha value is -4.12. The van der Waals surface area contributed by atoms with E-state index in [1.54, 1.807) is 95.1 Å². The van der Waals surface area contributed by atoms with Crippen molar-refractivity contribution < 1.29 is 79.2 Å². The molecule has 2 aromatic heterocycles. The van der Waals surface area contributed by atoms with Crippen molar-refractivity contribution in [2.75, 3.05) is 13.2 Å². The van der Waals surface area contributed by atoms with Crippen LogP contribution in [-0.4, -0.2) is 76.2 Å². The van der Waals surface area contributed by atoms with Crippen LogP contribution in [0, 0.1) is 10.1 Å². The molecule has 4 aromatic carbocycles. The molecule has 6 aromatic rings. The van der Waals surface area contributed by atoms with Gasteiger partial charge in [-0.15, -0.1) is 30.5 Å². The molecule has 0 spiro atoms. The van der Waals surface area contributed by atoms with E-state index in [9.17, 15) is 0 Å². The van der Waals surface area contributed by atoms with Crippen molar-refractivity contribution >= 4 is 46.4 Å². The number of hydrogen-bond acceptors (Lipinski definition) is 13. The number of benzene rings is 4. The number of nitrogens with zero attached hydrogens (tertiary/aromatic N) is 7. The average Bonchev–Trinajstić information content (AvgIpc) is 4.01. The minimum absolute atomic E-state index is 0. The van der Waals surface area contributed by atoms with E-state index in [0.717, 1.165) is 11.1 Å². The summed E-state index contributed by atoms with van der Waals surface area (Å²) in [7, 11) is 0. The van der Waals surface area contributed by atoms with Crippen LogP contribution in [0.2, 0.25) is 20.1 Å². The molecule has 63 heavy (non-hydrogen) atoms. The number of halogens is 4. The number of aromatic nitrogens is 6. The van der Waals surface area contributed by atoms with Crippen molar-refractivity contribution in [3.8, 4) is 23.0 Å². The zero-order valence-electron chi connectivity index (χ0n) is 32.7. The van der Waals surface area contributed by atoms with Gasteiger partial charge >= 0.3 is 29.6 Å². The topological polar surface area (TPSA) is 242 Å². The Kier molecular flexibility index (Phi) is 23.5. The number of ether oxygens (including phenoxy) is 6. The van der Waals surface area contributed by atoms with Gasteiger partial charge in [0.25, 0.3) is 5.09 Å². The van der Waals surface area contributed by atoms with Crippen molar-refractivity contribution in [3.63, 3.8) is 0 Å². The molecule has 2 fully saturated rings. The summed E-state index contributed by atoms with van der Waals surface area (Å²) in [5.41, 5.74) is 1.45. The third-order valence-electron chi connectivity index (χ3n) is 8.40. The van der Waals surface area contributed by atoms with Crippen LogP contribution in [0.15, 0.2) is 110 Å². The Morgan fingerprint density at radius 3 is 1.24 bits per heavy atom. The first-order valence-electron chi connectivity index (χ1n) is 17.4. The van der Waals surface area contributed by atoms with Crippen LogP contribution < -0.4 is 39.0 Å². The van der Waals surface area contributed by atoms with Gasteiger partial charge in [-0.2, -0.15) is 0 Å². The summed E-state index contributed by atoms with van der Waals surface area (Å²) < 4.78 is 39.6. The maximum absolute atomic E-state index is 8.36. The van der Waals surface area contributed by atoms with Gasteiger partial charge in [-0.25, -0.2) is 0 Å².